The quantitative estimate of drug-likeness (QED) is 0.0999. The smallest absolute Gasteiger partial charge is 0.315 e. The molecule has 27 atom stereocenters. The van der Waals surface area contributed by atoms with E-state index < -0.39 is 144 Å². The summed E-state index contributed by atoms with van der Waals surface area (Å²) in [5.41, 5.74) is -1.88. The van der Waals surface area contributed by atoms with Crippen LogP contribution in [-0.4, -0.2) is 185 Å². The summed E-state index contributed by atoms with van der Waals surface area (Å²) >= 11 is 0. The molecule has 18 heteroatoms. The molecule has 2 heterocycles. The molecule has 0 amide bonds. The maximum absolute atomic E-state index is 14.9. The number of hydrogen-bond acceptors (Lipinski definition) is 18. The molecule has 0 aromatic carbocycles. The van der Waals surface area contributed by atoms with Gasteiger partial charge in [0, 0.05) is 30.3 Å². The van der Waals surface area contributed by atoms with Gasteiger partial charge in [-0.2, -0.15) is 0 Å². The van der Waals surface area contributed by atoms with Crippen molar-refractivity contribution in [2.45, 2.75) is 197 Å². The van der Waals surface area contributed by atoms with Crippen LogP contribution in [0.2, 0.25) is 0 Å². The van der Waals surface area contributed by atoms with Gasteiger partial charge in [-0.05, 0) is 98.7 Å². The molecule has 12 N–H and O–H groups in total. The zero-order valence-electron chi connectivity index (χ0n) is 39.2. The molecule has 0 aromatic rings. The Morgan fingerprint density at radius 2 is 1.44 bits per heavy atom. The molecule has 0 radical (unpaired) electrons. The van der Waals surface area contributed by atoms with Crippen molar-refractivity contribution < 1.29 is 89.8 Å². The van der Waals surface area contributed by atoms with Gasteiger partial charge in [0.25, 0.3) is 0 Å². The highest BCUT2D eigenvalue weighted by Crippen LogP contribution is 2.72. The van der Waals surface area contributed by atoms with E-state index in [-0.39, 0.29) is 55.6 Å². The van der Waals surface area contributed by atoms with Crippen LogP contribution in [0.1, 0.15) is 99.3 Å². The molecular formula is C48H78O18. The molecule has 5 saturated carbocycles. The highest BCUT2D eigenvalue weighted by molar-refractivity contribution is 5.79. The van der Waals surface area contributed by atoms with E-state index in [1.807, 2.05) is 0 Å². The van der Waals surface area contributed by atoms with Crippen molar-refractivity contribution in [1.82, 2.24) is 0 Å². The fourth-order valence-corrected chi connectivity index (χ4v) is 15.5. The van der Waals surface area contributed by atoms with E-state index in [0.29, 0.717) is 38.5 Å². The average molecular weight is 943 g/mol. The Kier molecular flexibility index (Phi) is 14.4. The third-order valence-electron chi connectivity index (χ3n) is 19.2. The van der Waals surface area contributed by atoms with Crippen LogP contribution in [0.15, 0.2) is 11.6 Å². The molecule has 2 aliphatic heterocycles. The summed E-state index contributed by atoms with van der Waals surface area (Å²) in [5.74, 6) is -1.59. The van der Waals surface area contributed by atoms with E-state index in [1.165, 1.54) is 12.5 Å². The van der Waals surface area contributed by atoms with Crippen LogP contribution < -0.4 is 0 Å². The minimum absolute atomic E-state index is 0.0126. The van der Waals surface area contributed by atoms with Crippen molar-refractivity contribution in [3.05, 3.63) is 11.6 Å². The normalized spacial score (nSPS) is 56.2. The molecule has 8 aliphatic rings. The number of aliphatic hydroxyl groups excluding tert-OH is 12. The van der Waals surface area contributed by atoms with Crippen LogP contribution in [0, 0.1) is 63.1 Å². The Labute approximate surface area is 386 Å². The monoisotopic (exact) mass is 943 g/mol. The Morgan fingerprint density at radius 1 is 0.758 bits per heavy atom. The highest BCUT2D eigenvalue weighted by atomic mass is 16.7. The van der Waals surface area contributed by atoms with Gasteiger partial charge in [0.2, 0.25) is 6.29 Å². The topological polar surface area (TPSA) is 306 Å². The first kappa shape index (κ1) is 50.9. The molecule has 378 valence electrons. The van der Waals surface area contributed by atoms with Gasteiger partial charge < -0.3 is 85.0 Å². The molecule has 66 heavy (non-hydrogen) atoms. The Hall–Kier alpha value is -1.43. The van der Waals surface area contributed by atoms with E-state index >= 15 is 0 Å². The van der Waals surface area contributed by atoms with Crippen LogP contribution in [0.25, 0.3) is 0 Å². The summed E-state index contributed by atoms with van der Waals surface area (Å²) in [5, 5.41) is 131. The number of carbonyl (C=O) groups is 1. The van der Waals surface area contributed by atoms with Crippen LogP contribution in [0.5, 0.6) is 0 Å². The van der Waals surface area contributed by atoms with Gasteiger partial charge in [-0.3, -0.25) is 4.79 Å². The van der Waals surface area contributed by atoms with Crippen molar-refractivity contribution in [3.8, 4) is 0 Å². The number of esters is 1. The standard InChI is InChI=1S/C48H78O18/c1-20-9-11-48(12-10-25-24(33(48)21(20)2)7-8-32-45(25,4)15-28(53)40-46(32,5)16-29(54)41(60)47(40,6)19-50)44(61)66-42-27(52)14-26(51)31(64-42)18-62-30-13-23(17-49)39(37(58)35(30)56)65-43-38(59)36(57)34(55)22(3)63-43/h7,20-23,25-43,49-60H,8-19H2,1-6H3/t20-,21+,22+,23-,25+,26+,27-,28-,29-,30-,31-,32+,33-,34+,35+,36-,37-,38-,39-,40+,41+,42+,43+,45+,46-,47+,48+/m1/s1. The summed E-state index contributed by atoms with van der Waals surface area (Å²) in [6.07, 6.45) is -15.1. The van der Waals surface area contributed by atoms with Gasteiger partial charge >= 0.3 is 5.97 Å². The Balaban J connectivity index is 0.964. The number of carbonyl (C=O) groups excluding carboxylic acids is 1. The van der Waals surface area contributed by atoms with Crippen molar-refractivity contribution >= 4 is 5.97 Å². The average Bonchev–Trinajstić information content (AvgIpc) is 3.27. The summed E-state index contributed by atoms with van der Waals surface area (Å²) in [4.78, 5) is 14.9. The van der Waals surface area contributed by atoms with Gasteiger partial charge in [-0.15, -0.1) is 0 Å². The highest BCUT2D eigenvalue weighted by Gasteiger charge is 2.70. The third kappa shape index (κ3) is 8.06. The molecule has 6 aliphatic carbocycles. The van der Waals surface area contributed by atoms with E-state index in [0.717, 1.165) is 6.42 Å². The summed E-state index contributed by atoms with van der Waals surface area (Å²) in [6, 6.07) is 0. The lowest BCUT2D eigenvalue weighted by Gasteiger charge is -2.69. The fraction of sp³-hybridized carbons (Fsp3) is 0.938. The molecule has 8 rings (SSSR count). The van der Waals surface area contributed by atoms with Gasteiger partial charge in [0.05, 0.1) is 61.4 Å². The van der Waals surface area contributed by atoms with Crippen LogP contribution in [0.3, 0.4) is 0 Å². The third-order valence-corrected chi connectivity index (χ3v) is 19.2. The van der Waals surface area contributed by atoms with Crippen LogP contribution >= 0.6 is 0 Å². The molecule has 0 bridgehead atoms. The minimum Gasteiger partial charge on any atom is -0.432 e. The number of rotatable bonds is 9. The summed E-state index contributed by atoms with van der Waals surface area (Å²) < 4.78 is 29.6. The van der Waals surface area contributed by atoms with Crippen molar-refractivity contribution in [2.75, 3.05) is 19.8 Å². The zero-order chi connectivity index (χ0) is 48.2. The maximum Gasteiger partial charge on any atom is 0.315 e. The van der Waals surface area contributed by atoms with Gasteiger partial charge in [-0.1, -0.05) is 46.3 Å². The molecule has 0 spiro atoms. The van der Waals surface area contributed by atoms with Gasteiger partial charge in [0.15, 0.2) is 6.29 Å². The molecule has 2 saturated heterocycles. The Morgan fingerprint density at radius 3 is 2.12 bits per heavy atom. The van der Waals surface area contributed by atoms with Crippen molar-refractivity contribution in [2.24, 2.45) is 63.1 Å². The molecule has 0 unspecified atom stereocenters. The molecule has 7 fully saturated rings. The van der Waals surface area contributed by atoms with Crippen molar-refractivity contribution in [3.63, 3.8) is 0 Å². The summed E-state index contributed by atoms with van der Waals surface area (Å²) in [6.45, 7) is 10.7. The second-order valence-electron chi connectivity index (χ2n) is 22.9. The van der Waals surface area contributed by atoms with E-state index in [1.54, 1.807) is 6.92 Å². The predicted octanol–water partition coefficient (Wildman–Crippen LogP) is -0.759. The number of aliphatic hydroxyl groups is 12. The largest absolute Gasteiger partial charge is 0.432 e. The second-order valence-corrected chi connectivity index (χ2v) is 22.9. The summed E-state index contributed by atoms with van der Waals surface area (Å²) in [7, 11) is 0. The Bertz CT molecular complexity index is 1770. The molecule has 0 aromatic heterocycles. The maximum atomic E-state index is 14.9. The van der Waals surface area contributed by atoms with Crippen LogP contribution in [0.4, 0.5) is 0 Å². The van der Waals surface area contributed by atoms with Gasteiger partial charge in [-0.25, -0.2) is 0 Å². The van der Waals surface area contributed by atoms with E-state index in [2.05, 4.69) is 33.8 Å². The SMILES string of the molecule is C[C@H]1[C@H](C)CC[C@]2(C(=O)O[C@@H]3O[C@H](CO[C@@H]4C[C@H](CO)[C@@H](O[C@@H]5O[C@@H](C)[C@H](O)[C@@H](O)[C@H]5O)[C@H](O)[C@H]4O)[C@@H](O)C[C@H]3O)CC[C@H]3C(=CC[C@@H]4[C@@]5(C)C[C@@H](O)[C@H](O)[C@@](C)(CO)[C@H]5[C@H](O)C[C@]43C)[C@@H]12. The minimum atomic E-state index is -1.68. The first-order valence-corrected chi connectivity index (χ1v) is 24.5. The lowest BCUT2D eigenvalue weighted by molar-refractivity contribution is -0.326. The lowest BCUT2D eigenvalue weighted by atomic mass is 9.36. The van der Waals surface area contributed by atoms with E-state index in [4.69, 9.17) is 23.7 Å². The predicted molar refractivity (Wildman–Crippen MR) is 230 cm³/mol. The number of fused-ring (bicyclic) bond motifs is 7. The molecule has 18 nitrogen and oxygen atoms in total. The number of hydrogen-bond donors (Lipinski definition) is 12. The fourth-order valence-electron chi connectivity index (χ4n) is 15.5. The number of allylic oxidation sites excluding steroid dienone is 2. The molecular weight excluding hydrogens is 865 g/mol. The van der Waals surface area contributed by atoms with E-state index in [9.17, 15) is 66.1 Å². The number of ether oxygens (including phenoxy) is 5. The van der Waals surface area contributed by atoms with Gasteiger partial charge in [0.1, 0.15) is 42.7 Å². The lowest BCUT2D eigenvalue weighted by Crippen LogP contribution is -2.70. The first-order valence-electron chi connectivity index (χ1n) is 24.5. The zero-order valence-corrected chi connectivity index (χ0v) is 39.2. The van der Waals surface area contributed by atoms with Crippen molar-refractivity contribution in [1.29, 1.82) is 0 Å². The second kappa shape index (κ2) is 18.6. The first-order chi connectivity index (χ1) is 31.0. The van der Waals surface area contributed by atoms with Crippen LogP contribution in [-0.2, 0) is 28.5 Å².